The summed E-state index contributed by atoms with van der Waals surface area (Å²) < 4.78 is 10.4. The lowest BCUT2D eigenvalue weighted by molar-refractivity contribution is -0.142. The molecule has 1 fully saturated rings. The van der Waals surface area contributed by atoms with E-state index >= 15 is 0 Å². The van der Waals surface area contributed by atoms with Crippen LogP contribution in [0.25, 0.3) is 0 Å². The molecule has 2 aromatic rings. The summed E-state index contributed by atoms with van der Waals surface area (Å²) in [7, 11) is 0. The van der Waals surface area contributed by atoms with Crippen LogP contribution >= 0.6 is 0 Å². The fraction of sp³-hybridized carbons (Fsp3) is 0.316. The summed E-state index contributed by atoms with van der Waals surface area (Å²) in [6.45, 7) is 0.907. The molecule has 0 aliphatic carbocycles. The van der Waals surface area contributed by atoms with Crippen molar-refractivity contribution in [3.05, 3.63) is 54.0 Å². The first-order chi connectivity index (χ1) is 13.0. The van der Waals surface area contributed by atoms with Crippen molar-refractivity contribution in [2.24, 2.45) is 5.92 Å². The molecule has 1 saturated heterocycles. The number of carbonyl (C=O) groups excluding carboxylic acids is 2. The number of benzene rings is 1. The van der Waals surface area contributed by atoms with Gasteiger partial charge < -0.3 is 24.9 Å². The fourth-order valence-corrected chi connectivity index (χ4v) is 2.97. The highest BCUT2D eigenvalue weighted by Gasteiger charge is 2.31. The second-order valence-corrected chi connectivity index (χ2v) is 6.28. The first-order valence-corrected chi connectivity index (χ1v) is 8.61. The van der Waals surface area contributed by atoms with Gasteiger partial charge in [0.2, 0.25) is 0 Å². The van der Waals surface area contributed by atoms with E-state index in [9.17, 15) is 19.5 Å². The number of carboxylic acids is 1. The van der Waals surface area contributed by atoms with Gasteiger partial charge in [0, 0.05) is 23.8 Å². The summed E-state index contributed by atoms with van der Waals surface area (Å²) in [6, 6.07) is 8.35. The van der Waals surface area contributed by atoms with Crippen LogP contribution in [0, 0.1) is 5.92 Å². The van der Waals surface area contributed by atoms with Crippen LogP contribution in [0.4, 0.5) is 5.69 Å². The number of anilines is 1. The molecule has 1 aromatic heterocycles. The predicted molar refractivity (Wildman–Crippen MR) is 95.5 cm³/mol. The first kappa shape index (κ1) is 18.7. The van der Waals surface area contributed by atoms with Crippen LogP contribution in [0.5, 0.6) is 0 Å². The van der Waals surface area contributed by atoms with Crippen LogP contribution < -0.4 is 10.6 Å². The maximum atomic E-state index is 12.5. The molecule has 0 saturated carbocycles. The van der Waals surface area contributed by atoms with E-state index in [1.807, 2.05) is 0 Å². The van der Waals surface area contributed by atoms with E-state index in [4.69, 9.17) is 9.15 Å². The molecule has 2 atom stereocenters. The number of aliphatic carboxylic acids is 1. The Hall–Kier alpha value is -3.13. The van der Waals surface area contributed by atoms with Crippen LogP contribution in [0.2, 0.25) is 0 Å². The van der Waals surface area contributed by atoms with Gasteiger partial charge in [0.1, 0.15) is 6.04 Å². The van der Waals surface area contributed by atoms with Gasteiger partial charge in [-0.15, -0.1) is 0 Å². The molecule has 3 rings (SSSR count). The highest BCUT2D eigenvalue weighted by Crippen LogP contribution is 2.19. The van der Waals surface area contributed by atoms with Crippen LogP contribution in [0.1, 0.15) is 33.8 Å². The number of furan rings is 1. The number of hydrogen-bond acceptors (Lipinski definition) is 5. The summed E-state index contributed by atoms with van der Waals surface area (Å²) >= 11 is 0. The molecule has 2 unspecified atom stereocenters. The quantitative estimate of drug-likeness (QED) is 0.715. The van der Waals surface area contributed by atoms with Crippen molar-refractivity contribution >= 4 is 23.5 Å². The minimum atomic E-state index is -1.10. The summed E-state index contributed by atoms with van der Waals surface area (Å²) in [5.41, 5.74) is 0.646. The van der Waals surface area contributed by atoms with Gasteiger partial charge in [0.15, 0.2) is 5.76 Å². The Labute approximate surface area is 155 Å². The molecule has 8 heteroatoms. The standard InChI is InChI=1S/C19H20N2O6/c22-17(21-16(19(24)25)13-5-2-8-26-11-13)12-4-1-6-14(10-12)20-18(23)15-7-3-9-27-15/h1,3-4,6-7,9-10,13,16H,2,5,8,11H2,(H,20,23)(H,21,22)(H,24,25). The average molecular weight is 372 g/mol. The molecule has 2 heterocycles. The Morgan fingerprint density at radius 2 is 2.00 bits per heavy atom. The maximum Gasteiger partial charge on any atom is 0.326 e. The van der Waals surface area contributed by atoms with E-state index in [0.29, 0.717) is 25.3 Å². The van der Waals surface area contributed by atoms with Crippen molar-refractivity contribution < 1.29 is 28.6 Å². The van der Waals surface area contributed by atoms with Gasteiger partial charge in [-0.1, -0.05) is 6.07 Å². The van der Waals surface area contributed by atoms with Gasteiger partial charge in [0.25, 0.3) is 11.8 Å². The zero-order valence-corrected chi connectivity index (χ0v) is 14.5. The molecule has 0 bridgehead atoms. The minimum Gasteiger partial charge on any atom is -0.480 e. The summed E-state index contributed by atoms with van der Waals surface area (Å²) in [5.74, 6) is -2.20. The lowest BCUT2D eigenvalue weighted by Gasteiger charge is -2.28. The molecule has 0 radical (unpaired) electrons. The van der Waals surface area contributed by atoms with Crippen LogP contribution in [0.15, 0.2) is 47.1 Å². The van der Waals surface area contributed by atoms with Crippen molar-refractivity contribution in [3.63, 3.8) is 0 Å². The predicted octanol–water partition coefficient (Wildman–Crippen LogP) is 2.14. The van der Waals surface area contributed by atoms with E-state index < -0.39 is 23.8 Å². The molecule has 3 N–H and O–H groups in total. The zero-order valence-electron chi connectivity index (χ0n) is 14.5. The smallest absolute Gasteiger partial charge is 0.326 e. The van der Waals surface area contributed by atoms with Crippen molar-refractivity contribution in [2.75, 3.05) is 18.5 Å². The van der Waals surface area contributed by atoms with Gasteiger partial charge in [-0.2, -0.15) is 0 Å². The van der Waals surface area contributed by atoms with Crippen molar-refractivity contribution in [1.29, 1.82) is 0 Å². The van der Waals surface area contributed by atoms with Gasteiger partial charge >= 0.3 is 5.97 Å². The monoisotopic (exact) mass is 372 g/mol. The van der Waals surface area contributed by atoms with E-state index in [1.54, 1.807) is 24.3 Å². The number of carboxylic acid groups (broad SMARTS) is 1. The number of ether oxygens (including phenoxy) is 1. The van der Waals surface area contributed by atoms with Gasteiger partial charge in [-0.05, 0) is 43.2 Å². The third kappa shape index (κ3) is 4.73. The summed E-state index contributed by atoms with van der Waals surface area (Å²) in [5, 5.41) is 14.7. The summed E-state index contributed by atoms with van der Waals surface area (Å²) in [4.78, 5) is 36.1. The number of rotatable bonds is 6. The number of nitrogens with one attached hydrogen (secondary N) is 2. The highest BCUT2D eigenvalue weighted by molar-refractivity contribution is 6.03. The van der Waals surface area contributed by atoms with Gasteiger partial charge in [0.05, 0.1) is 12.9 Å². The minimum absolute atomic E-state index is 0.146. The van der Waals surface area contributed by atoms with E-state index in [2.05, 4.69) is 10.6 Å². The molecule has 8 nitrogen and oxygen atoms in total. The molecule has 2 amide bonds. The van der Waals surface area contributed by atoms with Gasteiger partial charge in [-0.25, -0.2) is 4.79 Å². The third-order valence-electron chi connectivity index (χ3n) is 4.35. The number of amides is 2. The Balaban J connectivity index is 1.68. The van der Waals surface area contributed by atoms with Crippen molar-refractivity contribution in [1.82, 2.24) is 5.32 Å². The largest absolute Gasteiger partial charge is 0.480 e. The molecule has 0 spiro atoms. The van der Waals surface area contributed by atoms with E-state index in [1.165, 1.54) is 18.4 Å². The molecule has 1 aromatic carbocycles. The van der Waals surface area contributed by atoms with Crippen LogP contribution in [-0.2, 0) is 9.53 Å². The molecular weight excluding hydrogens is 352 g/mol. The normalized spacial score (nSPS) is 17.7. The van der Waals surface area contributed by atoms with E-state index in [-0.39, 0.29) is 17.2 Å². The Bertz CT molecular complexity index is 811. The first-order valence-electron chi connectivity index (χ1n) is 8.61. The highest BCUT2D eigenvalue weighted by atomic mass is 16.5. The number of hydrogen-bond donors (Lipinski definition) is 3. The van der Waals surface area contributed by atoms with Crippen LogP contribution in [-0.4, -0.2) is 42.1 Å². The maximum absolute atomic E-state index is 12.5. The Kier molecular flexibility index (Phi) is 5.87. The lowest BCUT2D eigenvalue weighted by atomic mass is 9.93. The van der Waals surface area contributed by atoms with E-state index in [0.717, 1.165) is 6.42 Å². The zero-order chi connectivity index (χ0) is 19.2. The molecule has 1 aliphatic rings. The number of carbonyl (C=O) groups is 3. The van der Waals surface area contributed by atoms with Crippen molar-refractivity contribution in [3.8, 4) is 0 Å². The average Bonchev–Trinajstić information content (AvgIpc) is 3.21. The molecule has 27 heavy (non-hydrogen) atoms. The second kappa shape index (κ2) is 8.50. The third-order valence-corrected chi connectivity index (χ3v) is 4.35. The Morgan fingerprint density at radius 3 is 2.67 bits per heavy atom. The Morgan fingerprint density at radius 1 is 1.15 bits per heavy atom. The summed E-state index contributed by atoms with van der Waals surface area (Å²) in [6.07, 6.45) is 2.83. The molecule has 1 aliphatic heterocycles. The second-order valence-electron chi connectivity index (χ2n) is 6.28. The topological polar surface area (TPSA) is 118 Å². The van der Waals surface area contributed by atoms with Crippen molar-refractivity contribution in [2.45, 2.75) is 18.9 Å². The molecule has 142 valence electrons. The molecular formula is C19H20N2O6. The SMILES string of the molecule is O=C(NC(C(=O)O)C1CCCOC1)c1cccc(NC(=O)c2ccco2)c1. The lowest BCUT2D eigenvalue weighted by Crippen LogP contribution is -2.48. The van der Waals surface area contributed by atoms with Gasteiger partial charge in [-0.3, -0.25) is 9.59 Å². The fourth-order valence-electron chi connectivity index (χ4n) is 2.97. The van der Waals surface area contributed by atoms with Crippen LogP contribution in [0.3, 0.4) is 0 Å².